The molecule has 7 heteroatoms. The van der Waals surface area contributed by atoms with E-state index in [1.54, 1.807) is 24.3 Å². The van der Waals surface area contributed by atoms with E-state index in [4.69, 9.17) is 58.0 Å². The van der Waals surface area contributed by atoms with E-state index in [0.717, 1.165) is 5.56 Å². The maximum Gasteiger partial charge on any atom is 0.253 e. The van der Waals surface area contributed by atoms with Crippen LogP contribution in [0.25, 0.3) is 0 Å². The number of alkyl halides is 5. The molecular formula is C24H27Cl5O2. The lowest BCUT2D eigenvalue weighted by Crippen LogP contribution is -2.19. The molecule has 0 amide bonds. The fourth-order valence-corrected chi connectivity index (χ4v) is 3.13. The van der Waals surface area contributed by atoms with E-state index in [2.05, 4.69) is 41.5 Å². The summed E-state index contributed by atoms with van der Waals surface area (Å²) in [5.41, 5.74) is 3.41. The molecule has 31 heavy (non-hydrogen) atoms. The van der Waals surface area contributed by atoms with Crippen molar-refractivity contribution < 1.29 is 9.59 Å². The smallest absolute Gasteiger partial charge is 0.253 e. The van der Waals surface area contributed by atoms with E-state index in [1.165, 1.54) is 5.56 Å². The Labute approximate surface area is 210 Å². The Morgan fingerprint density at radius 3 is 1.23 bits per heavy atom. The summed E-state index contributed by atoms with van der Waals surface area (Å²) in [5.74, 6) is -0.753. The number of ketones is 2. The van der Waals surface area contributed by atoms with Crippen molar-refractivity contribution >= 4 is 69.6 Å². The molecule has 0 N–H and O–H groups in total. The normalized spacial score (nSPS) is 12.3. The van der Waals surface area contributed by atoms with E-state index in [-0.39, 0.29) is 16.6 Å². The van der Waals surface area contributed by atoms with E-state index < -0.39 is 14.4 Å². The van der Waals surface area contributed by atoms with Crippen molar-refractivity contribution in [1.82, 2.24) is 0 Å². The first-order chi connectivity index (χ1) is 13.9. The van der Waals surface area contributed by atoms with E-state index in [9.17, 15) is 9.59 Å². The zero-order chi connectivity index (χ0) is 24.2. The average Bonchev–Trinajstić information content (AvgIpc) is 2.65. The molecule has 0 heterocycles. The highest BCUT2D eigenvalue weighted by Gasteiger charge is 2.31. The number of carbonyl (C=O) groups is 2. The zero-order valence-corrected chi connectivity index (χ0v) is 22.2. The van der Waals surface area contributed by atoms with Crippen molar-refractivity contribution in [2.75, 3.05) is 0 Å². The van der Waals surface area contributed by atoms with Gasteiger partial charge in [0.15, 0.2) is 10.6 Å². The largest absolute Gasteiger partial charge is 0.291 e. The number of halogens is 5. The maximum absolute atomic E-state index is 11.6. The molecule has 0 radical (unpaired) electrons. The SMILES string of the molecule is CC(C)(C)c1ccc(C(=O)C(Cl)(Cl)Cl)cc1.CC(C)(C)c1ccc(C(=O)C(Cl)Cl)cc1. The van der Waals surface area contributed by atoms with Crippen LogP contribution in [0.3, 0.4) is 0 Å². The van der Waals surface area contributed by atoms with Crippen LogP contribution in [-0.4, -0.2) is 20.2 Å². The van der Waals surface area contributed by atoms with Crippen LogP contribution in [0.5, 0.6) is 0 Å². The number of benzene rings is 2. The topological polar surface area (TPSA) is 34.1 Å². The summed E-state index contributed by atoms with van der Waals surface area (Å²) in [4.78, 5) is 22.1. The maximum atomic E-state index is 11.6. The van der Waals surface area contributed by atoms with Crippen LogP contribution in [-0.2, 0) is 10.8 Å². The Balaban J connectivity index is 0.000000311. The van der Waals surface area contributed by atoms with Crippen molar-refractivity contribution in [3.63, 3.8) is 0 Å². The van der Waals surface area contributed by atoms with Crippen molar-refractivity contribution in [3.8, 4) is 0 Å². The van der Waals surface area contributed by atoms with Gasteiger partial charge in [-0.3, -0.25) is 9.59 Å². The summed E-state index contributed by atoms with van der Waals surface area (Å²) < 4.78 is -1.89. The summed E-state index contributed by atoms with van der Waals surface area (Å²) in [6.45, 7) is 12.7. The summed E-state index contributed by atoms with van der Waals surface area (Å²) in [6.07, 6.45) is 0. The minimum absolute atomic E-state index is 0.0432. The van der Waals surface area contributed by atoms with Crippen LogP contribution in [0.1, 0.15) is 73.4 Å². The number of carbonyl (C=O) groups excluding carboxylic acids is 2. The number of rotatable bonds is 3. The molecule has 0 spiro atoms. The predicted octanol–water partition coefficient (Wildman–Crippen LogP) is 8.51. The Morgan fingerprint density at radius 2 is 0.968 bits per heavy atom. The minimum Gasteiger partial charge on any atom is -0.291 e. The third-order valence-electron chi connectivity index (χ3n) is 4.50. The van der Waals surface area contributed by atoms with Gasteiger partial charge < -0.3 is 0 Å². The molecule has 2 nitrogen and oxygen atoms in total. The molecule has 0 aliphatic heterocycles. The molecule has 2 rings (SSSR count). The number of hydrogen-bond acceptors (Lipinski definition) is 2. The molecule has 0 unspecified atom stereocenters. The van der Waals surface area contributed by atoms with Gasteiger partial charge in [-0.15, -0.1) is 0 Å². The third-order valence-corrected chi connectivity index (χ3v) is 5.42. The van der Waals surface area contributed by atoms with E-state index >= 15 is 0 Å². The molecule has 170 valence electrons. The second-order valence-electron chi connectivity index (χ2n) is 9.15. The first kappa shape index (κ1) is 28.3. The van der Waals surface area contributed by atoms with Gasteiger partial charge in [0.1, 0.15) is 0 Å². The van der Waals surface area contributed by atoms with E-state index in [0.29, 0.717) is 11.1 Å². The lowest BCUT2D eigenvalue weighted by Gasteiger charge is -2.19. The van der Waals surface area contributed by atoms with Gasteiger partial charge in [0.2, 0.25) is 5.78 Å². The zero-order valence-electron chi connectivity index (χ0n) is 18.4. The minimum atomic E-state index is -1.89. The third kappa shape index (κ3) is 8.94. The molecule has 0 aliphatic carbocycles. The van der Waals surface area contributed by atoms with Crippen molar-refractivity contribution in [2.45, 2.75) is 61.0 Å². The molecule has 2 aromatic rings. The average molecular weight is 525 g/mol. The summed E-state index contributed by atoms with van der Waals surface area (Å²) in [5, 5.41) is 0. The van der Waals surface area contributed by atoms with Crippen LogP contribution in [0.4, 0.5) is 0 Å². The standard InChI is InChI=1S/C12H13Cl3O.C12H14Cl2O/c1-11(2,3)9-6-4-8(5-7-9)10(16)12(13,14)15;1-12(2,3)9-6-4-8(5-7-9)10(15)11(13)14/h4-7H,1-3H3;4-7,11H,1-3H3. The van der Waals surface area contributed by atoms with Gasteiger partial charge in [0.25, 0.3) is 3.79 Å². The van der Waals surface area contributed by atoms with Gasteiger partial charge in [-0.2, -0.15) is 0 Å². The predicted molar refractivity (Wildman–Crippen MR) is 135 cm³/mol. The van der Waals surface area contributed by atoms with Gasteiger partial charge >= 0.3 is 0 Å². The lowest BCUT2D eigenvalue weighted by atomic mass is 9.86. The highest BCUT2D eigenvalue weighted by Crippen LogP contribution is 2.31. The number of hydrogen-bond donors (Lipinski definition) is 0. The fourth-order valence-electron chi connectivity index (χ4n) is 2.55. The Hall–Kier alpha value is -0.770. The molecule has 0 atom stereocenters. The highest BCUT2D eigenvalue weighted by atomic mass is 35.6. The van der Waals surface area contributed by atoms with E-state index in [1.807, 2.05) is 24.3 Å². The quantitative estimate of drug-likeness (QED) is 0.298. The summed E-state index contributed by atoms with van der Waals surface area (Å²) in [6, 6.07) is 14.5. The molecule has 0 aliphatic rings. The Bertz CT molecular complexity index is 882. The molecule has 0 saturated heterocycles. The highest BCUT2D eigenvalue weighted by molar-refractivity contribution is 6.77. The molecule has 0 saturated carbocycles. The molecular weight excluding hydrogens is 498 g/mol. The Morgan fingerprint density at radius 1 is 0.645 bits per heavy atom. The van der Waals surface area contributed by atoms with Gasteiger partial charge in [0, 0.05) is 11.1 Å². The fraction of sp³-hybridized carbons (Fsp3) is 0.417. The van der Waals surface area contributed by atoms with Crippen LogP contribution in [0, 0.1) is 0 Å². The summed E-state index contributed by atoms with van der Waals surface area (Å²) in [7, 11) is 0. The van der Waals surface area contributed by atoms with Crippen LogP contribution >= 0.6 is 58.0 Å². The lowest BCUT2D eigenvalue weighted by molar-refractivity contribution is 0.0992. The van der Waals surface area contributed by atoms with Gasteiger partial charge in [-0.25, -0.2) is 0 Å². The second-order valence-corrected chi connectivity index (χ2v) is 12.5. The molecule has 0 bridgehead atoms. The van der Waals surface area contributed by atoms with Crippen LogP contribution in [0.2, 0.25) is 0 Å². The Kier molecular flexibility index (Phi) is 9.94. The first-order valence-corrected chi connectivity index (χ1v) is 11.6. The van der Waals surface area contributed by atoms with Gasteiger partial charge in [-0.1, -0.05) is 148 Å². The molecule has 0 aromatic heterocycles. The van der Waals surface area contributed by atoms with Gasteiger partial charge in [0.05, 0.1) is 0 Å². The van der Waals surface area contributed by atoms with Crippen molar-refractivity contribution in [1.29, 1.82) is 0 Å². The molecule has 0 fully saturated rings. The van der Waals surface area contributed by atoms with Crippen molar-refractivity contribution in [3.05, 3.63) is 70.8 Å². The van der Waals surface area contributed by atoms with Crippen LogP contribution in [0.15, 0.2) is 48.5 Å². The van der Waals surface area contributed by atoms with Gasteiger partial charge in [-0.05, 0) is 22.0 Å². The second kappa shape index (κ2) is 10.9. The monoisotopic (exact) mass is 522 g/mol. The molecule has 2 aromatic carbocycles. The first-order valence-electron chi connectivity index (χ1n) is 9.59. The van der Waals surface area contributed by atoms with Crippen LogP contribution < -0.4 is 0 Å². The number of Topliss-reactive ketones (excluding diaryl/α,β-unsaturated/α-hetero) is 2. The summed E-state index contributed by atoms with van der Waals surface area (Å²) >= 11 is 27.6. The van der Waals surface area contributed by atoms with Crippen molar-refractivity contribution in [2.24, 2.45) is 0 Å².